The van der Waals surface area contributed by atoms with E-state index in [2.05, 4.69) is 27.2 Å². The summed E-state index contributed by atoms with van der Waals surface area (Å²) in [6.45, 7) is 4.01. The zero-order valence-corrected chi connectivity index (χ0v) is 15.2. The van der Waals surface area contributed by atoms with Gasteiger partial charge in [-0.2, -0.15) is 0 Å². The van der Waals surface area contributed by atoms with Crippen LogP contribution in [0.1, 0.15) is 5.56 Å². The fourth-order valence-corrected chi connectivity index (χ4v) is 3.51. The van der Waals surface area contributed by atoms with E-state index in [1.807, 2.05) is 36.5 Å². The van der Waals surface area contributed by atoms with Gasteiger partial charge in [0.25, 0.3) is 0 Å². The van der Waals surface area contributed by atoms with E-state index >= 15 is 0 Å². The number of nitrogens with zero attached hydrogens (tertiary/aromatic N) is 3. The molecule has 0 saturated carbocycles. The zero-order valence-electron chi connectivity index (χ0n) is 14.4. The smallest absolute Gasteiger partial charge is 0.142 e. The van der Waals surface area contributed by atoms with Crippen molar-refractivity contribution in [2.75, 3.05) is 50.6 Å². The molecule has 0 atom stereocenters. The van der Waals surface area contributed by atoms with E-state index in [-0.39, 0.29) is 0 Å². The summed E-state index contributed by atoms with van der Waals surface area (Å²) in [6.07, 6.45) is 1.92. The lowest BCUT2D eigenvalue weighted by Crippen LogP contribution is -2.45. The predicted octanol–water partition coefficient (Wildman–Crippen LogP) is 3.91. The van der Waals surface area contributed by atoms with Gasteiger partial charge in [-0.25, -0.2) is 0 Å². The number of aliphatic imine (C=N–C) groups is 1. The minimum atomic E-state index is 0.681. The van der Waals surface area contributed by atoms with Crippen LogP contribution in [0.3, 0.4) is 0 Å². The number of rotatable bonds is 2. The molecule has 0 aliphatic carbocycles. The average Bonchev–Trinajstić information content (AvgIpc) is 2.80. The Morgan fingerprint density at radius 1 is 1.08 bits per heavy atom. The summed E-state index contributed by atoms with van der Waals surface area (Å²) in [5.74, 6) is 0.876. The highest BCUT2D eigenvalue weighted by atomic mass is 35.5. The second-order valence-corrected chi connectivity index (χ2v) is 6.85. The van der Waals surface area contributed by atoms with Crippen molar-refractivity contribution in [3.63, 3.8) is 0 Å². The van der Waals surface area contributed by atoms with Gasteiger partial charge in [0.2, 0.25) is 0 Å². The van der Waals surface area contributed by atoms with Crippen LogP contribution in [0.4, 0.5) is 22.7 Å². The average molecular weight is 357 g/mol. The van der Waals surface area contributed by atoms with Crippen LogP contribution < -0.4 is 15.0 Å². The van der Waals surface area contributed by atoms with Crippen LogP contribution in [0.5, 0.6) is 5.75 Å². The molecule has 1 saturated heterocycles. The van der Waals surface area contributed by atoms with Crippen molar-refractivity contribution >= 4 is 40.6 Å². The van der Waals surface area contributed by atoms with Crippen LogP contribution in [0, 0.1) is 0 Å². The Labute approximate surface area is 152 Å². The number of piperazine rings is 1. The SMILES string of the molecule is COc1ccc2c(c1N1CCN(C)CC1)C=Nc1cc(Cl)ccc1N2. The van der Waals surface area contributed by atoms with Gasteiger partial charge in [0.1, 0.15) is 5.75 Å². The molecule has 2 heterocycles. The zero-order chi connectivity index (χ0) is 17.4. The van der Waals surface area contributed by atoms with Gasteiger partial charge in [-0.1, -0.05) is 11.6 Å². The molecule has 5 nitrogen and oxygen atoms in total. The Morgan fingerprint density at radius 2 is 1.84 bits per heavy atom. The van der Waals surface area contributed by atoms with Crippen molar-refractivity contribution in [2.24, 2.45) is 4.99 Å². The van der Waals surface area contributed by atoms with E-state index in [9.17, 15) is 0 Å². The molecule has 0 bridgehead atoms. The maximum atomic E-state index is 6.12. The molecule has 0 unspecified atom stereocenters. The van der Waals surface area contributed by atoms with E-state index in [0.29, 0.717) is 5.02 Å². The number of ether oxygens (including phenoxy) is 1. The molecule has 2 aliphatic rings. The van der Waals surface area contributed by atoms with Crippen LogP contribution in [0.2, 0.25) is 5.02 Å². The molecule has 0 aromatic heterocycles. The molecule has 25 heavy (non-hydrogen) atoms. The molecule has 4 rings (SSSR count). The molecule has 130 valence electrons. The fourth-order valence-electron chi connectivity index (χ4n) is 3.35. The van der Waals surface area contributed by atoms with Crippen molar-refractivity contribution in [2.45, 2.75) is 0 Å². The van der Waals surface area contributed by atoms with Crippen LogP contribution in [-0.4, -0.2) is 51.5 Å². The standard InChI is InChI=1S/C19H21ClN4O/c1-23-7-9-24(10-8-23)19-14-12-21-17-11-13(20)3-4-16(17)22-15(14)5-6-18(19)25-2/h3-6,11-12,22H,7-10H2,1-2H3. The van der Waals surface area contributed by atoms with Gasteiger partial charge in [-0.3, -0.25) is 4.99 Å². The summed E-state index contributed by atoms with van der Waals surface area (Å²) in [5, 5.41) is 4.17. The third kappa shape index (κ3) is 3.05. The quantitative estimate of drug-likeness (QED) is 0.755. The first-order valence-electron chi connectivity index (χ1n) is 8.41. The number of anilines is 3. The molecule has 2 aromatic rings. The Balaban J connectivity index is 1.80. The van der Waals surface area contributed by atoms with Gasteiger partial charge in [0.05, 0.1) is 24.2 Å². The van der Waals surface area contributed by atoms with Crippen molar-refractivity contribution in [1.82, 2.24) is 4.90 Å². The lowest BCUT2D eigenvalue weighted by atomic mass is 10.1. The van der Waals surface area contributed by atoms with Gasteiger partial charge in [-0.15, -0.1) is 0 Å². The van der Waals surface area contributed by atoms with E-state index in [1.54, 1.807) is 7.11 Å². The summed E-state index contributed by atoms with van der Waals surface area (Å²) < 4.78 is 5.66. The highest BCUT2D eigenvalue weighted by Gasteiger charge is 2.23. The number of hydrogen-bond acceptors (Lipinski definition) is 5. The number of fused-ring (bicyclic) bond motifs is 2. The number of hydrogen-bond donors (Lipinski definition) is 1. The van der Waals surface area contributed by atoms with Crippen molar-refractivity contribution in [1.29, 1.82) is 0 Å². The van der Waals surface area contributed by atoms with Gasteiger partial charge >= 0.3 is 0 Å². The number of methoxy groups -OCH3 is 1. The monoisotopic (exact) mass is 356 g/mol. The summed E-state index contributed by atoms with van der Waals surface area (Å²) >= 11 is 6.12. The highest BCUT2D eigenvalue weighted by Crippen LogP contribution is 2.41. The second kappa shape index (κ2) is 6.58. The first-order valence-corrected chi connectivity index (χ1v) is 8.78. The highest BCUT2D eigenvalue weighted by molar-refractivity contribution is 6.31. The Kier molecular flexibility index (Phi) is 4.27. The second-order valence-electron chi connectivity index (χ2n) is 6.41. The lowest BCUT2D eigenvalue weighted by molar-refractivity contribution is 0.311. The topological polar surface area (TPSA) is 40.1 Å². The minimum absolute atomic E-state index is 0.681. The normalized spacial score (nSPS) is 16.7. The molecular weight excluding hydrogens is 336 g/mol. The number of benzene rings is 2. The molecular formula is C19H21ClN4O. The molecule has 1 fully saturated rings. The van der Waals surface area contributed by atoms with Crippen LogP contribution in [0.15, 0.2) is 35.3 Å². The van der Waals surface area contributed by atoms with Crippen molar-refractivity contribution in [3.05, 3.63) is 40.9 Å². The van der Waals surface area contributed by atoms with Crippen LogP contribution in [0.25, 0.3) is 0 Å². The van der Waals surface area contributed by atoms with E-state index in [4.69, 9.17) is 16.3 Å². The summed E-state index contributed by atoms with van der Waals surface area (Å²) in [6, 6.07) is 9.78. The summed E-state index contributed by atoms with van der Waals surface area (Å²) in [7, 11) is 3.88. The summed E-state index contributed by atoms with van der Waals surface area (Å²) in [4.78, 5) is 9.40. The maximum Gasteiger partial charge on any atom is 0.142 e. The van der Waals surface area contributed by atoms with Crippen LogP contribution in [-0.2, 0) is 0 Å². The molecule has 0 radical (unpaired) electrons. The Bertz CT molecular complexity index is 828. The fraction of sp³-hybridized carbons (Fsp3) is 0.316. The van der Waals surface area contributed by atoms with Gasteiger partial charge in [0, 0.05) is 48.7 Å². The Morgan fingerprint density at radius 3 is 2.60 bits per heavy atom. The summed E-state index contributed by atoms with van der Waals surface area (Å²) in [5.41, 5.74) is 4.97. The number of likely N-dealkylation sites (N-methyl/N-ethyl adjacent to an activating group) is 1. The van der Waals surface area contributed by atoms with Gasteiger partial charge < -0.3 is 19.9 Å². The van der Waals surface area contributed by atoms with Gasteiger partial charge in [-0.05, 0) is 37.4 Å². The number of halogens is 1. The molecule has 2 aliphatic heterocycles. The minimum Gasteiger partial charge on any atom is -0.495 e. The van der Waals surface area contributed by atoms with Crippen molar-refractivity contribution in [3.8, 4) is 5.75 Å². The molecule has 0 spiro atoms. The third-order valence-corrected chi connectivity index (χ3v) is 5.02. The van der Waals surface area contributed by atoms with E-state index in [1.165, 1.54) is 0 Å². The maximum absolute atomic E-state index is 6.12. The Hall–Kier alpha value is -2.24. The largest absolute Gasteiger partial charge is 0.495 e. The third-order valence-electron chi connectivity index (χ3n) is 4.78. The first-order chi connectivity index (χ1) is 12.2. The van der Waals surface area contributed by atoms with Crippen LogP contribution >= 0.6 is 11.6 Å². The predicted molar refractivity (Wildman–Crippen MR) is 105 cm³/mol. The van der Waals surface area contributed by atoms with Crippen molar-refractivity contribution < 1.29 is 4.74 Å². The number of nitrogens with one attached hydrogen (secondary N) is 1. The first kappa shape index (κ1) is 16.2. The van der Waals surface area contributed by atoms with Gasteiger partial charge in [0.15, 0.2) is 0 Å². The molecule has 1 N–H and O–H groups in total. The molecule has 2 aromatic carbocycles. The van der Waals surface area contributed by atoms with E-state index < -0.39 is 0 Å². The lowest BCUT2D eigenvalue weighted by Gasteiger charge is -2.35. The molecule has 0 amide bonds. The molecule has 6 heteroatoms. The van der Waals surface area contributed by atoms with E-state index in [0.717, 1.165) is 60.2 Å².